The van der Waals surface area contributed by atoms with Crippen LogP contribution in [0.1, 0.15) is 12.0 Å². The summed E-state index contributed by atoms with van der Waals surface area (Å²) >= 11 is 6.08. The third kappa shape index (κ3) is 4.35. The van der Waals surface area contributed by atoms with Crippen LogP contribution >= 0.6 is 11.6 Å². The van der Waals surface area contributed by atoms with Crippen LogP contribution in [0.4, 0.5) is 10.5 Å². The number of urea groups is 1. The number of aromatic nitrogens is 1. The second-order valence-electron chi connectivity index (χ2n) is 5.86. The number of pyridine rings is 1. The van der Waals surface area contributed by atoms with Crippen LogP contribution in [0.3, 0.4) is 0 Å². The van der Waals surface area contributed by atoms with E-state index in [1.165, 1.54) is 13.3 Å². The molecule has 9 heteroatoms. The molecule has 0 spiro atoms. The molecular formula is C18H17ClN4O4. The fraction of sp³-hybridized carbons (Fsp3) is 0.222. The zero-order chi connectivity index (χ0) is 19.4. The van der Waals surface area contributed by atoms with Crippen LogP contribution in [-0.4, -0.2) is 40.9 Å². The molecule has 2 aromatic rings. The molecule has 1 aromatic carbocycles. The van der Waals surface area contributed by atoms with Crippen molar-refractivity contribution in [2.24, 2.45) is 0 Å². The predicted molar refractivity (Wildman–Crippen MR) is 98.4 cm³/mol. The van der Waals surface area contributed by atoms with Gasteiger partial charge in [0, 0.05) is 11.1 Å². The summed E-state index contributed by atoms with van der Waals surface area (Å²) in [7, 11) is 1.49. The molecule has 1 saturated heterocycles. The maximum atomic E-state index is 12.5. The number of nitrogens with zero attached hydrogens (tertiary/aromatic N) is 2. The molecule has 2 heterocycles. The predicted octanol–water partition coefficient (Wildman–Crippen LogP) is 2.19. The number of carbonyl (C=O) groups is 3. The SMILES string of the molecule is COc1ccc(NC(=O)C[C@@H]2NC(=O)N(Cc3ccccc3Cl)C2=O)cn1. The normalized spacial score (nSPS) is 16.2. The summed E-state index contributed by atoms with van der Waals surface area (Å²) in [5.74, 6) is -0.468. The van der Waals surface area contributed by atoms with E-state index in [2.05, 4.69) is 15.6 Å². The third-order valence-electron chi connectivity index (χ3n) is 4.01. The van der Waals surface area contributed by atoms with Crippen molar-refractivity contribution in [3.8, 4) is 5.88 Å². The van der Waals surface area contributed by atoms with E-state index in [0.717, 1.165) is 4.90 Å². The number of amides is 4. The third-order valence-corrected chi connectivity index (χ3v) is 4.38. The van der Waals surface area contributed by atoms with Gasteiger partial charge in [0.2, 0.25) is 11.8 Å². The largest absolute Gasteiger partial charge is 0.481 e. The highest BCUT2D eigenvalue weighted by molar-refractivity contribution is 6.31. The summed E-state index contributed by atoms with van der Waals surface area (Å²) in [4.78, 5) is 41.8. The zero-order valence-corrected chi connectivity index (χ0v) is 15.2. The quantitative estimate of drug-likeness (QED) is 0.739. The number of halogens is 1. The Bertz CT molecular complexity index is 872. The molecule has 1 atom stereocenters. The molecular weight excluding hydrogens is 372 g/mol. The Balaban J connectivity index is 1.60. The molecule has 1 aliphatic rings. The Morgan fingerprint density at radius 2 is 2.07 bits per heavy atom. The number of methoxy groups -OCH3 is 1. The highest BCUT2D eigenvalue weighted by atomic mass is 35.5. The molecule has 4 amide bonds. The molecule has 1 fully saturated rings. The van der Waals surface area contributed by atoms with E-state index < -0.39 is 23.9 Å². The molecule has 8 nitrogen and oxygen atoms in total. The van der Waals surface area contributed by atoms with Crippen molar-refractivity contribution in [3.05, 3.63) is 53.2 Å². The van der Waals surface area contributed by atoms with Crippen LogP contribution in [0, 0.1) is 0 Å². The van der Waals surface area contributed by atoms with E-state index in [9.17, 15) is 14.4 Å². The van der Waals surface area contributed by atoms with E-state index >= 15 is 0 Å². The minimum Gasteiger partial charge on any atom is -0.481 e. The molecule has 1 aliphatic heterocycles. The number of rotatable bonds is 6. The Hall–Kier alpha value is -3.13. The van der Waals surface area contributed by atoms with Gasteiger partial charge >= 0.3 is 6.03 Å². The van der Waals surface area contributed by atoms with Crippen LogP contribution in [0.2, 0.25) is 5.02 Å². The van der Waals surface area contributed by atoms with Gasteiger partial charge in [-0.2, -0.15) is 0 Å². The lowest BCUT2D eigenvalue weighted by Crippen LogP contribution is -2.34. The lowest BCUT2D eigenvalue weighted by Gasteiger charge is -2.14. The first kappa shape index (κ1) is 18.7. The molecule has 0 radical (unpaired) electrons. The van der Waals surface area contributed by atoms with Crippen LogP contribution in [0.25, 0.3) is 0 Å². The second kappa shape index (κ2) is 8.05. The van der Waals surface area contributed by atoms with Gasteiger partial charge in [-0.3, -0.25) is 14.5 Å². The fourth-order valence-corrected chi connectivity index (χ4v) is 2.83. The van der Waals surface area contributed by atoms with Crippen LogP contribution in [-0.2, 0) is 16.1 Å². The van der Waals surface area contributed by atoms with Gasteiger partial charge < -0.3 is 15.4 Å². The summed E-state index contributed by atoms with van der Waals surface area (Å²) in [5.41, 5.74) is 1.11. The fourth-order valence-electron chi connectivity index (χ4n) is 2.63. The van der Waals surface area contributed by atoms with Gasteiger partial charge in [0.25, 0.3) is 5.91 Å². The number of anilines is 1. The molecule has 1 aromatic heterocycles. The summed E-state index contributed by atoms with van der Waals surface area (Å²) in [6.07, 6.45) is 1.26. The summed E-state index contributed by atoms with van der Waals surface area (Å²) in [5, 5.41) is 5.62. The van der Waals surface area contributed by atoms with Gasteiger partial charge in [-0.25, -0.2) is 9.78 Å². The summed E-state index contributed by atoms with van der Waals surface area (Å²) < 4.78 is 4.95. The highest BCUT2D eigenvalue weighted by Crippen LogP contribution is 2.20. The number of carbonyl (C=O) groups excluding carboxylic acids is 3. The van der Waals surface area contributed by atoms with Crippen molar-refractivity contribution in [2.45, 2.75) is 19.0 Å². The number of benzene rings is 1. The van der Waals surface area contributed by atoms with Crippen LogP contribution in [0.5, 0.6) is 5.88 Å². The van der Waals surface area contributed by atoms with Crippen LogP contribution in [0.15, 0.2) is 42.6 Å². The first-order valence-electron chi connectivity index (χ1n) is 8.13. The number of hydrogen-bond acceptors (Lipinski definition) is 5. The van der Waals surface area contributed by atoms with Crippen molar-refractivity contribution in [3.63, 3.8) is 0 Å². The van der Waals surface area contributed by atoms with Crippen molar-refractivity contribution in [1.29, 1.82) is 0 Å². The number of imide groups is 1. The Labute approximate surface area is 160 Å². The molecule has 140 valence electrons. The number of hydrogen-bond donors (Lipinski definition) is 2. The highest BCUT2D eigenvalue weighted by Gasteiger charge is 2.39. The molecule has 0 saturated carbocycles. The van der Waals surface area contributed by atoms with E-state index in [1.54, 1.807) is 36.4 Å². The van der Waals surface area contributed by atoms with Gasteiger partial charge in [0.05, 0.1) is 32.0 Å². The Kier molecular flexibility index (Phi) is 5.56. The van der Waals surface area contributed by atoms with Crippen molar-refractivity contribution in [2.75, 3.05) is 12.4 Å². The average Bonchev–Trinajstić information content (AvgIpc) is 2.91. The maximum Gasteiger partial charge on any atom is 0.325 e. The Morgan fingerprint density at radius 1 is 1.30 bits per heavy atom. The standard InChI is InChI=1S/C18H17ClN4O4/c1-27-16-7-6-12(9-20-16)21-15(24)8-14-17(25)23(18(26)22-14)10-11-4-2-3-5-13(11)19/h2-7,9,14H,8,10H2,1H3,(H,21,24)(H,22,26)/t14-/m0/s1. The van der Waals surface area contributed by atoms with Gasteiger partial charge in [0.15, 0.2) is 0 Å². The van der Waals surface area contributed by atoms with E-state index in [4.69, 9.17) is 16.3 Å². The summed E-state index contributed by atoms with van der Waals surface area (Å²) in [6, 6.07) is 8.70. The summed E-state index contributed by atoms with van der Waals surface area (Å²) in [6.45, 7) is 0.0465. The van der Waals surface area contributed by atoms with Crippen LogP contribution < -0.4 is 15.4 Å². The van der Waals surface area contributed by atoms with Crippen molar-refractivity contribution >= 4 is 35.1 Å². The zero-order valence-electron chi connectivity index (χ0n) is 14.4. The van der Waals surface area contributed by atoms with Crippen molar-refractivity contribution < 1.29 is 19.1 Å². The molecule has 27 heavy (non-hydrogen) atoms. The molecule has 0 bridgehead atoms. The molecule has 3 rings (SSSR count). The van der Waals surface area contributed by atoms with Gasteiger partial charge in [0.1, 0.15) is 6.04 Å². The van der Waals surface area contributed by atoms with Gasteiger partial charge in [-0.15, -0.1) is 0 Å². The molecule has 0 unspecified atom stereocenters. The Morgan fingerprint density at radius 3 is 2.74 bits per heavy atom. The first-order chi connectivity index (χ1) is 13.0. The molecule has 2 N–H and O–H groups in total. The smallest absolute Gasteiger partial charge is 0.325 e. The van der Waals surface area contributed by atoms with Crippen molar-refractivity contribution in [1.82, 2.24) is 15.2 Å². The lowest BCUT2D eigenvalue weighted by atomic mass is 10.1. The van der Waals surface area contributed by atoms with E-state index in [0.29, 0.717) is 22.2 Å². The average molecular weight is 389 g/mol. The number of ether oxygens (including phenoxy) is 1. The van der Waals surface area contributed by atoms with E-state index in [-0.39, 0.29) is 13.0 Å². The lowest BCUT2D eigenvalue weighted by molar-refractivity contribution is -0.130. The molecule has 0 aliphatic carbocycles. The number of nitrogens with one attached hydrogen (secondary N) is 2. The maximum absolute atomic E-state index is 12.5. The second-order valence-corrected chi connectivity index (χ2v) is 6.27. The minimum atomic E-state index is -0.925. The first-order valence-corrected chi connectivity index (χ1v) is 8.51. The topological polar surface area (TPSA) is 101 Å². The minimum absolute atomic E-state index is 0.0465. The van der Waals surface area contributed by atoms with Gasteiger partial charge in [-0.05, 0) is 17.7 Å². The monoisotopic (exact) mass is 388 g/mol. The van der Waals surface area contributed by atoms with E-state index in [1.807, 2.05) is 0 Å². The van der Waals surface area contributed by atoms with Gasteiger partial charge in [-0.1, -0.05) is 29.8 Å².